The molecule has 0 radical (unpaired) electrons. The minimum Gasteiger partial charge on any atom is -0.486 e. The van der Waals surface area contributed by atoms with Gasteiger partial charge >= 0.3 is 0 Å². The van der Waals surface area contributed by atoms with Crippen LogP contribution in [0.5, 0.6) is 23.0 Å². The van der Waals surface area contributed by atoms with Gasteiger partial charge in [-0.05, 0) is 42.0 Å². The van der Waals surface area contributed by atoms with Crippen LogP contribution < -0.4 is 29.8 Å². The predicted molar refractivity (Wildman–Crippen MR) is 94.6 cm³/mol. The smallest absolute Gasteiger partial charge is 0.269 e. The zero-order valence-electron chi connectivity index (χ0n) is 14.2. The number of ether oxygens (including phenoxy) is 4. The molecule has 138 valence electrons. The van der Waals surface area contributed by atoms with E-state index >= 15 is 0 Å². The van der Waals surface area contributed by atoms with E-state index in [1.54, 1.807) is 42.5 Å². The third-order valence-corrected chi connectivity index (χ3v) is 3.93. The van der Waals surface area contributed by atoms with Gasteiger partial charge in [-0.15, -0.1) is 0 Å². The van der Waals surface area contributed by atoms with Crippen LogP contribution in [0.4, 0.5) is 0 Å². The number of fused-ring (bicyclic) bond motifs is 2. The Morgan fingerprint density at radius 1 is 0.815 bits per heavy atom. The highest BCUT2D eigenvalue weighted by atomic mass is 16.7. The fraction of sp³-hybridized carbons (Fsp3) is 0.158. The molecule has 0 unspecified atom stereocenters. The molecule has 0 saturated heterocycles. The fourth-order valence-corrected chi connectivity index (χ4v) is 2.61. The van der Waals surface area contributed by atoms with Crippen LogP contribution in [0.3, 0.4) is 0 Å². The van der Waals surface area contributed by atoms with Gasteiger partial charge in [-0.1, -0.05) is 6.07 Å². The average Bonchev–Trinajstić information content (AvgIpc) is 3.18. The minimum absolute atomic E-state index is 0.189. The summed E-state index contributed by atoms with van der Waals surface area (Å²) in [7, 11) is 0. The van der Waals surface area contributed by atoms with E-state index in [0.717, 1.165) is 5.56 Å². The Hall–Kier alpha value is -3.68. The Bertz CT molecular complexity index is 924. The number of benzene rings is 2. The largest absolute Gasteiger partial charge is 0.486 e. The zero-order chi connectivity index (χ0) is 18.6. The standard InChI is InChI=1S/C19H16N2O6/c22-18(6-2-12-1-4-15-16(9-12)27-11-26-15)20-21-19(23)13-3-5-14-17(10-13)25-8-7-24-14/h1-6,9-10H,7-8,11H2,(H,20,22)(H,21,23)/b6-2+. The molecule has 2 aromatic carbocycles. The lowest BCUT2D eigenvalue weighted by Gasteiger charge is -2.18. The van der Waals surface area contributed by atoms with E-state index in [-0.39, 0.29) is 6.79 Å². The molecule has 2 heterocycles. The maximum absolute atomic E-state index is 12.2. The van der Waals surface area contributed by atoms with Crippen LogP contribution in [0.15, 0.2) is 42.5 Å². The summed E-state index contributed by atoms with van der Waals surface area (Å²) in [4.78, 5) is 24.1. The number of hydrogen-bond acceptors (Lipinski definition) is 6. The second-order valence-corrected chi connectivity index (χ2v) is 5.75. The number of nitrogens with one attached hydrogen (secondary N) is 2. The van der Waals surface area contributed by atoms with E-state index < -0.39 is 11.8 Å². The number of hydrogen-bond donors (Lipinski definition) is 2. The summed E-state index contributed by atoms with van der Waals surface area (Å²) in [5, 5.41) is 0. The molecular formula is C19H16N2O6. The van der Waals surface area contributed by atoms with Gasteiger partial charge in [0, 0.05) is 11.6 Å². The molecule has 0 aliphatic carbocycles. The Morgan fingerprint density at radius 2 is 1.52 bits per heavy atom. The van der Waals surface area contributed by atoms with Gasteiger partial charge < -0.3 is 18.9 Å². The summed E-state index contributed by atoms with van der Waals surface area (Å²) >= 11 is 0. The Labute approximate surface area is 154 Å². The Morgan fingerprint density at radius 3 is 2.41 bits per heavy atom. The van der Waals surface area contributed by atoms with Gasteiger partial charge in [-0.25, -0.2) is 0 Å². The van der Waals surface area contributed by atoms with Crippen LogP contribution in [0, 0.1) is 0 Å². The van der Waals surface area contributed by atoms with Crippen LogP contribution >= 0.6 is 0 Å². The van der Waals surface area contributed by atoms with E-state index in [1.807, 2.05) is 0 Å². The molecule has 0 fully saturated rings. The lowest BCUT2D eigenvalue weighted by atomic mass is 10.2. The van der Waals surface area contributed by atoms with Crippen LogP contribution in [-0.2, 0) is 4.79 Å². The van der Waals surface area contributed by atoms with Gasteiger partial charge in [0.1, 0.15) is 13.2 Å². The SMILES string of the molecule is O=C(/C=C/c1ccc2c(c1)OCO2)NNC(=O)c1ccc2c(c1)OCCO2. The molecule has 2 aromatic rings. The number of rotatable bonds is 3. The molecule has 2 amide bonds. The van der Waals surface area contributed by atoms with Crippen molar-refractivity contribution in [2.45, 2.75) is 0 Å². The number of carbonyl (C=O) groups excluding carboxylic acids is 2. The van der Waals surface area contributed by atoms with Crippen molar-refractivity contribution >= 4 is 17.9 Å². The van der Waals surface area contributed by atoms with Crippen molar-refractivity contribution in [3.05, 3.63) is 53.6 Å². The first-order chi connectivity index (χ1) is 13.2. The maximum Gasteiger partial charge on any atom is 0.269 e. The van der Waals surface area contributed by atoms with Gasteiger partial charge in [0.15, 0.2) is 23.0 Å². The maximum atomic E-state index is 12.2. The molecular weight excluding hydrogens is 352 g/mol. The lowest BCUT2D eigenvalue weighted by molar-refractivity contribution is -0.117. The molecule has 0 spiro atoms. The highest BCUT2D eigenvalue weighted by Crippen LogP contribution is 2.33. The third kappa shape index (κ3) is 3.79. The third-order valence-electron chi connectivity index (χ3n) is 3.93. The van der Waals surface area contributed by atoms with E-state index in [0.29, 0.717) is 41.8 Å². The lowest BCUT2D eigenvalue weighted by Crippen LogP contribution is -2.40. The van der Waals surface area contributed by atoms with Crippen molar-refractivity contribution in [2.75, 3.05) is 20.0 Å². The second kappa shape index (κ2) is 7.28. The summed E-state index contributed by atoms with van der Waals surface area (Å²) in [5.74, 6) is 1.46. The highest BCUT2D eigenvalue weighted by Gasteiger charge is 2.15. The van der Waals surface area contributed by atoms with Crippen molar-refractivity contribution in [3.63, 3.8) is 0 Å². The summed E-state index contributed by atoms with van der Waals surface area (Å²) < 4.78 is 21.4. The first-order valence-electron chi connectivity index (χ1n) is 8.27. The van der Waals surface area contributed by atoms with Crippen LogP contribution in [0.2, 0.25) is 0 Å². The van der Waals surface area contributed by atoms with Crippen LogP contribution in [0.25, 0.3) is 6.08 Å². The molecule has 2 aliphatic rings. The zero-order valence-corrected chi connectivity index (χ0v) is 14.2. The first kappa shape index (κ1) is 16.8. The highest BCUT2D eigenvalue weighted by molar-refractivity contribution is 5.98. The molecule has 0 aromatic heterocycles. The topological polar surface area (TPSA) is 95.1 Å². The molecule has 0 saturated carbocycles. The molecule has 8 heteroatoms. The van der Waals surface area contributed by atoms with Crippen LogP contribution in [0.1, 0.15) is 15.9 Å². The van der Waals surface area contributed by atoms with Crippen molar-refractivity contribution in [1.82, 2.24) is 10.9 Å². The Kier molecular flexibility index (Phi) is 4.52. The molecule has 0 atom stereocenters. The van der Waals surface area contributed by atoms with E-state index in [2.05, 4.69) is 10.9 Å². The molecule has 0 bridgehead atoms. The number of hydrazine groups is 1. The normalized spacial score (nSPS) is 14.1. The average molecular weight is 368 g/mol. The Balaban J connectivity index is 1.33. The van der Waals surface area contributed by atoms with Crippen molar-refractivity contribution in [2.24, 2.45) is 0 Å². The summed E-state index contributed by atoms with van der Waals surface area (Å²) in [6.45, 7) is 1.10. The second-order valence-electron chi connectivity index (χ2n) is 5.75. The summed E-state index contributed by atoms with van der Waals surface area (Å²) in [6, 6.07) is 10.1. The summed E-state index contributed by atoms with van der Waals surface area (Å²) in [5.41, 5.74) is 5.80. The molecule has 2 aliphatic heterocycles. The van der Waals surface area contributed by atoms with Gasteiger partial charge in [0.2, 0.25) is 6.79 Å². The number of carbonyl (C=O) groups is 2. The predicted octanol–water partition coefficient (Wildman–Crippen LogP) is 1.66. The molecule has 8 nitrogen and oxygen atoms in total. The molecule has 2 N–H and O–H groups in total. The first-order valence-corrected chi connectivity index (χ1v) is 8.27. The van der Waals surface area contributed by atoms with Crippen molar-refractivity contribution in [1.29, 1.82) is 0 Å². The summed E-state index contributed by atoms with van der Waals surface area (Å²) in [6.07, 6.45) is 2.91. The number of amides is 2. The monoisotopic (exact) mass is 368 g/mol. The van der Waals surface area contributed by atoms with Crippen LogP contribution in [-0.4, -0.2) is 31.8 Å². The fourth-order valence-electron chi connectivity index (χ4n) is 2.61. The van der Waals surface area contributed by atoms with Crippen molar-refractivity contribution < 1.29 is 28.5 Å². The van der Waals surface area contributed by atoms with E-state index in [4.69, 9.17) is 18.9 Å². The quantitative estimate of drug-likeness (QED) is 0.632. The van der Waals surface area contributed by atoms with Gasteiger partial charge in [0.05, 0.1) is 0 Å². The molecule has 4 rings (SSSR count). The van der Waals surface area contributed by atoms with Crippen molar-refractivity contribution in [3.8, 4) is 23.0 Å². The van der Waals surface area contributed by atoms with Gasteiger partial charge in [0.25, 0.3) is 11.8 Å². The van der Waals surface area contributed by atoms with E-state index in [9.17, 15) is 9.59 Å². The molecule has 27 heavy (non-hydrogen) atoms. The van der Waals surface area contributed by atoms with E-state index in [1.165, 1.54) is 6.08 Å². The minimum atomic E-state index is -0.474. The van der Waals surface area contributed by atoms with Gasteiger partial charge in [-0.2, -0.15) is 0 Å². The van der Waals surface area contributed by atoms with Gasteiger partial charge in [-0.3, -0.25) is 20.4 Å².